The van der Waals surface area contributed by atoms with Crippen molar-refractivity contribution >= 4 is 12.1 Å². The van der Waals surface area contributed by atoms with Crippen LogP contribution in [0, 0.1) is 0 Å². The molecule has 0 atom stereocenters. The minimum absolute atomic E-state index is 0.0322. The summed E-state index contributed by atoms with van der Waals surface area (Å²) in [5.41, 5.74) is 0. The Morgan fingerprint density at radius 2 is 2.09 bits per heavy atom. The largest absolute Gasteiger partial charge is 0.505 e. The summed E-state index contributed by atoms with van der Waals surface area (Å²) in [7, 11) is 1.28. The minimum Gasteiger partial charge on any atom is -0.469 e. The lowest BCUT2D eigenvalue weighted by molar-refractivity contribution is -0.140. The second kappa shape index (κ2) is 5.52. The van der Waals surface area contributed by atoms with Crippen molar-refractivity contribution in [1.82, 2.24) is 0 Å². The van der Waals surface area contributed by atoms with E-state index in [4.69, 9.17) is 5.11 Å². The molecular formula is C6H10O5. The molecule has 0 radical (unpaired) electrons. The second-order valence-corrected chi connectivity index (χ2v) is 1.79. The van der Waals surface area contributed by atoms with E-state index >= 15 is 0 Å². The molecule has 0 aliphatic rings. The van der Waals surface area contributed by atoms with Gasteiger partial charge in [0.1, 0.15) is 0 Å². The van der Waals surface area contributed by atoms with Crippen LogP contribution in [0.1, 0.15) is 12.8 Å². The highest BCUT2D eigenvalue weighted by molar-refractivity contribution is 5.69. The van der Waals surface area contributed by atoms with Gasteiger partial charge in [-0.25, -0.2) is 4.79 Å². The Balaban J connectivity index is 3.14. The average Bonchev–Trinajstić information content (AvgIpc) is 1.97. The summed E-state index contributed by atoms with van der Waals surface area (Å²) < 4.78 is 8.46. The number of carbonyl (C=O) groups excluding carboxylic acids is 1. The fourth-order valence-corrected chi connectivity index (χ4v) is 0.478. The first-order chi connectivity index (χ1) is 5.16. The number of rotatable bonds is 4. The van der Waals surface area contributed by atoms with E-state index in [1.54, 1.807) is 0 Å². The Morgan fingerprint density at radius 1 is 1.45 bits per heavy atom. The zero-order valence-corrected chi connectivity index (χ0v) is 6.20. The molecule has 0 aromatic rings. The van der Waals surface area contributed by atoms with Gasteiger partial charge in [-0.3, -0.25) is 4.79 Å². The van der Waals surface area contributed by atoms with E-state index in [9.17, 15) is 9.59 Å². The average molecular weight is 162 g/mol. The molecule has 0 aromatic heterocycles. The van der Waals surface area contributed by atoms with Crippen LogP contribution in [0.4, 0.5) is 4.79 Å². The van der Waals surface area contributed by atoms with Gasteiger partial charge in [-0.1, -0.05) is 0 Å². The number of hydrogen-bond donors (Lipinski definition) is 1. The topological polar surface area (TPSA) is 72.8 Å². The Bertz CT molecular complexity index is 142. The molecule has 0 saturated heterocycles. The maximum absolute atomic E-state index is 10.4. The van der Waals surface area contributed by atoms with Gasteiger partial charge in [-0.05, 0) is 6.42 Å². The van der Waals surface area contributed by atoms with Gasteiger partial charge in [0.15, 0.2) is 0 Å². The molecule has 0 amide bonds. The summed E-state index contributed by atoms with van der Waals surface area (Å²) in [6.07, 6.45) is -0.780. The van der Waals surface area contributed by atoms with Gasteiger partial charge in [-0.15, -0.1) is 0 Å². The Morgan fingerprint density at radius 3 is 2.55 bits per heavy atom. The molecule has 0 saturated carbocycles. The smallest absolute Gasteiger partial charge is 0.469 e. The predicted molar refractivity (Wildman–Crippen MR) is 35.2 cm³/mol. The van der Waals surface area contributed by atoms with Gasteiger partial charge < -0.3 is 14.6 Å². The number of methoxy groups -OCH3 is 1. The van der Waals surface area contributed by atoms with E-state index in [1.165, 1.54) is 7.11 Å². The molecule has 0 aromatic carbocycles. The van der Waals surface area contributed by atoms with Crippen LogP contribution >= 0.6 is 0 Å². The zero-order chi connectivity index (χ0) is 8.69. The summed E-state index contributed by atoms with van der Waals surface area (Å²) >= 11 is 0. The Hall–Kier alpha value is -1.26. The van der Waals surface area contributed by atoms with Crippen molar-refractivity contribution in [2.24, 2.45) is 0 Å². The van der Waals surface area contributed by atoms with E-state index in [0.717, 1.165) is 0 Å². The molecule has 11 heavy (non-hydrogen) atoms. The summed E-state index contributed by atoms with van der Waals surface area (Å²) in [6.45, 7) is 0.0322. The van der Waals surface area contributed by atoms with Crippen molar-refractivity contribution in [3.63, 3.8) is 0 Å². The van der Waals surface area contributed by atoms with Crippen LogP contribution in [0.2, 0.25) is 0 Å². The minimum atomic E-state index is -1.32. The number of carbonyl (C=O) groups is 2. The van der Waals surface area contributed by atoms with E-state index in [-0.39, 0.29) is 19.0 Å². The third-order valence-electron chi connectivity index (χ3n) is 0.978. The van der Waals surface area contributed by atoms with Crippen molar-refractivity contribution in [1.29, 1.82) is 0 Å². The van der Waals surface area contributed by atoms with E-state index in [1.807, 2.05) is 0 Å². The van der Waals surface area contributed by atoms with Gasteiger partial charge in [0.2, 0.25) is 0 Å². The maximum Gasteiger partial charge on any atom is 0.505 e. The van der Waals surface area contributed by atoms with Crippen LogP contribution < -0.4 is 0 Å². The first-order valence-electron chi connectivity index (χ1n) is 3.09. The monoisotopic (exact) mass is 162 g/mol. The third kappa shape index (κ3) is 6.63. The molecule has 0 unspecified atom stereocenters. The fourth-order valence-electron chi connectivity index (χ4n) is 0.478. The van der Waals surface area contributed by atoms with Crippen LogP contribution in [0.5, 0.6) is 0 Å². The number of ether oxygens (including phenoxy) is 2. The maximum atomic E-state index is 10.4. The van der Waals surface area contributed by atoms with Gasteiger partial charge in [0.05, 0.1) is 13.7 Å². The standard InChI is InChI=1S/C6H10O5/c1-10-5(7)3-2-4-11-6(8)9/h2-4H2,1H3,(H,8,9). The zero-order valence-electron chi connectivity index (χ0n) is 6.20. The summed E-state index contributed by atoms with van der Waals surface area (Å²) in [5, 5.41) is 8.00. The van der Waals surface area contributed by atoms with Crippen LogP contribution in [0.15, 0.2) is 0 Å². The van der Waals surface area contributed by atoms with Crippen LogP contribution in [-0.2, 0) is 14.3 Å². The van der Waals surface area contributed by atoms with Crippen molar-refractivity contribution < 1.29 is 24.2 Å². The lowest BCUT2D eigenvalue weighted by atomic mass is 10.3. The lowest BCUT2D eigenvalue weighted by Crippen LogP contribution is -2.05. The SMILES string of the molecule is COC(=O)CCCOC(=O)O. The van der Waals surface area contributed by atoms with Gasteiger partial charge >= 0.3 is 12.1 Å². The highest BCUT2D eigenvalue weighted by Crippen LogP contribution is 1.92. The van der Waals surface area contributed by atoms with Crippen LogP contribution in [0.25, 0.3) is 0 Å². The molecule has 0 heterocycles. The first-order valence-corrected chi connectivity index (χ1v) is 3.09. The first kappa shape index (κ1) is 9.74. The molecule has 0 aliphatic carbocycles. The van der Waals surface area contributed by atoms with Gasteiger partial charge in [-0.2, -0.15) is 0 Å². The number of hydrogen-bond acceptors (Lipinski definition) is 4. The molecule has 5 nitrogen and oxygen atoms in total. The molecule has 0 spiro atoms. The number of esters is 1. The van der Waals surface area contributed by atoms with Gasteiger partial charge in [0, 0.05) is 6.42 Å². The predicted octanol–water partition coefficient (Wildman–Crippen LogP) is 0.634. The Labute approximate surface area is 63.9 Å². The molecule has 0 rings (SSSR count). The molecule has 0 fully saturated rings. The lowest BCUT2D eigenvalue weighted by Gasteiger charge is -1.98. The normalized spacial score (nSPS) is 8.82. The molecule has 0 bridgehead atoms. The number of carboxylic acid groups (broad SMARTS) is 1. The van der Waals surface area contributed by atoms with Crippen LogP contribution in [-0.4, -0.2) is 30.9 Å². The third-order valence-corrected chi connectivity index (χ3v) is 0.978. The second-order valence-electron chi connectivity index (χ2n) is 1.79. The molecule has 1 N–H and O–H groups in total. The van der Waals surface area contributed by atoms with E-state index < -0.39 is 6.16 Å². The van der Waals surface area contributed by atoms with E-state index in [2.05, 4.69) is 9.47 Å². The van der Waals surface area contributed by atoms with Crippen molar-refractivity contribution in [2.45, 2.75) is 12.8 Å². The fraction of sp³-hybridized carbons (Fsp3) is 0.667. The highest BCUT2D eigenvalue weighted by atomic mass is 16.7. The summed E-state index contributed by atoms with van der Waals surface area (Å²) in [5.74, 6) is -0.362. The van der Waals surface area contributed by atoms with Crippen molar-refractivity contribution in [2.75, 3.05) is 13.7 Å². The molecular weight excluding hydrogens is 152 g/mol. The summed E-state index contributed by atoms with van der Waals surface area (Å²) in [4.78, 5) is 20.2. The molecule has 0 aliphatic heterocycles. The van der Waals surface area contributed by atoms with Crippen molar-refractivity contribution in [3.05, 3.63) is 0 Å². The van der Waals surface area contributed by atoms with E-state index in [0.29, 0.717) is 6.42 Å². The van der Waals surface area contributed by atoms with Crippen molar-refractivity contribution in [3.8, 4) is 0 Å². The highest BCUT2D eigenvalue weighted by Gasteiger charge is 2.00. The quantitative estimate of drug-likeness (QED) is 0.485. The van der Waals surface area contributed by atoms with Crippen LogP contribution in [0.3, 0.4) is 0 Å². The summed E-state index contributed by atoms with van der Waals surface area (Å²) in [6, 6.07) is 0. The Kier molecular flexibility index (Phi) is 4.89. The molecule has 64 valence electrons. The van der Waals surface area contributed by atoms with Gasteiger partial charge in [0.25, 0.3) is 0 Å². The molecule has 5 heteroatoms.